The molecule has 0 radical (unpaired) electrons. The predicted molar refractivity (Wildman–Crippen MR) is 62.7 cm³/mol. The van der Waals surface area contributed by atoms with Crippen LogP contribution in [0.2, 0.25) is 0 Å². The molecule has 0 atom stereocenters. The van der Waals surface area contributed by atoms with Crippen molar-refractivity contribution in [3.8, 4) is 0 Å². The molecule has 100 valence electrons. The Morgan fingerprint density at radius 3 is 2.59 bits per heavy atom. The van der Waals surface area contributed by atoms with Gasteiger partial charge in [0.1, 0.15) is 5.60 Å². The number of carbonyl (C=O) groups excluding carboxylic acids is 1. The van der Waals surface area contributed by atoms with Crippen molar-refractivity contribution in [2.24, 2.45) is 0 Å². The van der Waals surface area contributed by atoms with Crippen LogP contribution in [0, 0.1) is 0 Å². The number of hydrogen-bond donors (Lipinski definition) is 2. The number of ether oxygens (including phenoxy) is 1. The Morgan fingerprint density at radius 2 is 2.12 bits per heavy atom. The molecule has 1 aliphatic rings. The van der Waals surface area contributed by atoms with Gasteiger partial charge >= 0.3 is 6.09 Å². The molecule has 0 saturated carbocycles. The molecule has 0 aromatic heterocycles. The summed E-state index contributed by atoms with van der Waals surface area (Å²) in [7, 11) is -3.33. The van der Waals surface area contributed by atoms with Crippen LogP contribution in [0.25, 0.3) is 0 Å². The molecule has 17 heavy (non-hydrogen) atoms. The van der Waals surface area contributed by atoms with Crippen molar-refractivity contribution in [3.63, 3.8) is 0 Å². The summed E-state index contributed by atoms with van der Waals surface area (Å²) in [4.78, 5) is 11.3. The SMILES string of the molecule is CC(C)(C)OC(=O)NCCN1CCNS1(=O)=O. The fourth-order valence-electron chi connectivity index (χ4n) is 1.34. The van der Waals surface area contributed by atoms with Gasteiger partial charge in [-0.15, -0.1) is 0 Å². The lowest BCUT2D eigenvalue weighted by molar-refractivity contribution is 0.0526. The summed E-state index contributed by atoms with van der Waals surface area (Å²) in [5.41, 5.74) is -0.550. The maximum absolute atomic E-state index is 11.3. The lowest BCUT2D eigenvalue weighted by atomic mass is 10.2. The molecule has 1 rings (SSSR count). The normalized spacial score (nSPS) is 20.2. The van der Waals surface area contributed by atoms with E-state index in [4.69, 9.17) is 4.74 Å². The van der Waals surface area contributed by atoms with Crippen molar-refractivity contribution in [2.75, 3.05) is 26.2 Å². The van der Waals surface area contributed by atoms with E-state index in [2.05, 4.69) is 10.0 Å². The molecule has 0 bridgehead atoms. The Bertz CT molecular complexity index is 374. The predicted octanol–water partition coefficient (Wildman–Crippen LogP) is -0.339. The monoisotopic (exact) mass is 265 g/mol. The molecular weight excluding hydrogens is 246 g/mol. The van der Waals surface area contributed by atoms with Crippen molar-refractivity contribution >= 4 is 16.3 Å². The standard InChI is InChI=1S/C9H19N3O4S/c1-9(2,3)16-8(13)10-4-6-12-7-5-11-17(12,14)15/h11H,4-7H2,1-3H3,(H,10,13). The summed E-state index contributed by atoms with van der Waals surface area (Å²) in [5.74, 6) is 0. The van der Waals surface area contributed by atoms with Crippen molar-refractivity contribution < 1.29 is 17.9 Å². The smallest absolute Gasteiger partial charge is 0.407 e. The van der Waals surface area contributed by atoms with E-state index in [0.29, 0.717) is 13.1 Å². The van der Waals surface area contributed by atoms with Crippen LogP contribution in [0.1, 0.15) is 20.8 Å². The van der Waals surface area contributed by atoms with Crippen LogP contribution in [0.3, 0.4) is 0 Å². The van der Waals surface area contributed by atoms with Crippen LogP contribution in [0.15, 0.2) is 0 Å². The quantitative estimate of drug-likeness (QED) is 0.731. The van der Waals surface area contributed by atoms with E-state index >= 15 is 0 Å². The Labute approximate surface area is 102 Å². The number of nitrogens with one attached hydrogen (secondary N) is 2. The van der Waals surface area contributed by atoms with E-state index in [-0.39, 0.29) is 13.1 Å². The molecule has 7 nitrogen and oxygen atoms in total. The lowest BCUT2D eigenvalue weighted by Gasteiger charge is -2.20. The van der Waals surface area contributed by atoms with Gasteiger partial charge in [0.05, 0.1) is 0 Å². The number of hydrogen-bond acceptors (Lipinski definition) is 4. The van der Waals surface area contributed by atoms with E-state index in [0.717, 1.165) is 0 Å². The fraction of sp³-hybridized carbons (Fsp3) is 0.889. The summed E-state index contributed by atoms with van der Waals surface area (Å²) in [6.45, 7) is 6.61. The Morgan fingerprint density at radius 1 is 1.47 bits per heavy atom. The highest BCUT2D eigenvalue weighted by Crippen LogP contribution is 2.06. The second-order valence-corrected chi connectivity index (χ2v) is 6.48. The average Bonchev–Trinajstić information content (AvgIpc) is 2.42. The molecule has 1 saturated heterocycles. The molecule has 2 N–H and O–H groups in total. The third kappa shape index (κ3) is 4.88. The van der Waals surface area contributed by atoms with Gasteiger partial charge < -0.3 is 10.1 Å². The highest BCUT2D eigenvalue weighted by Gasteiger charge is 2.27. The maximum atomic E-state index is 11.3. The van der Waals surface area contributed by atoms with Crippen LogP contribution >= 0.6 is 0 Å². The van der Waals surface area contributed by atoms with E-state index in [1.165, 1.54) is 4.31 Å². The highest BCUT2D eigenvalue weighted by atomic mass is 32.2. The van der Waals surface area contributed by atoms with Gasteiger partial charge in [0.2, 0.25) is 0 Å². The van der Waals surface area contributed by atoms with Gasteiger partial charge in [0.25, 0.3) is 10.2 Å². The van der Waals surface area contributed by atoms with E-state index in [1.54, 1.807) is 20.8 Å². The summed E-state index contributed by atoms with van der Waals surface area (Å²) in [6, 6.07) is 0. The van der Waals surface area contributed by atoms with Crippen molar-refractivity contribution in [3.05, 3.63) is 0 Å². The number of alkyl carbamates (subject to hydrolysis) is 1. The molecule has 0 spiro atoms. The average molecular weight is 265 g/mol. The summed E-state index contributed by atoms with van der Waals surface area (Å²) < 4.78 is 31.4. The van der Waals surface area contributed by atoms with E-state index < -0.39 is 21.9 Å². The first-order valence-corrected chi connectivity index (χ1v) is 6.86. The minimum Gasteiger partial charge on any atom is -0.444 e. The van der Waals surface area contributed by atoms with Gasteiger partial charge in [0, 0.05) is 26.2 Å². The van der Waals surface area contributed by atoms with Gasteiger partial charge in [-0.1, -0.05) is 0 Å². The first kappa shape index (κ1) is 14.2. The molecule has 1 heterocycles. The van der Waals surface area contributed by atoms with Crippen molar-refractivity contribution in [1.82, 2.24) is 14.3 Å². The molecule has 0 aromatic rings. The van der Waals surface area contributed by atoms with Crippen LogP contribution in [-0.4, -0.2) is 50.6 Å². The van der Waals surface area contributed by atoms with Gasteiger partial charge in [-0.2, -0.15) is 12.7 Å². The Balaban J connectivity index is 2.27. The summed E-state index contributed by atoms with van der Waals surface area (Å²) >= 11 is 0. The molecule has 0 unspecified atom stereocenters. The summed E-state index contributed by atoms with van der Waals surface area (Å²) in [6.07, 6.45) is -0.540. The largest absolute Gasteiger partial charge is 0.444 e. The zero-order chi connectivity index (χ0) is 13.1. The van der Waals surface area contributed by atoms with Gasteiger partial charge in [0.15, 0.2) is 0 Å². The number of rotatable bonds is 3. The molecule has 0 aromatic carbocycles. The molecular formula is C9H19N3O4S. The van der Waals surface area contributed by atoms with Gasteiger partial charge in [-0.25, -0.2) is 9.52 Å². The molecule has 1 fully saturated rings. The Hall–Kier alpha value is -0.860. The third-order valence-corrected chi connectivity index (χ3v) is 3.63. The van der Waals surface area contributed by atoms with Gasteiger partial charge in [-0.05, 0) is 20.8 Å². The van der Waals surface area contributed by atoms with Crippen molar-refractivity contribution in [1.29, 1.82) is 0 Å². The third-order valence-electron chi connectivity index (χ3n) is 2.02. The second-order valence-electron chi connectivity index (χ2n) is 4.73. The van der Waals surface area contributed by atoms with Gasteiger partial charge in [-0.3, -0.25) is 0 Å². The van der Waals surface area contributed by atoms with Crippen LogP contribution in [-0.2, 0) is 14.9 Å². The fourth-order valence-corrected chi connectivity index (χ4v) is 2.53. The minimum atomic E-state index is -3.33. The topological polar surface area (TPSA) is 87.7 Å². The van der Waals surface area contributed by atoms with E-state index in [1.807, 2.05) is 0 Å². The number of carbonyl (C=O) groups is 1. The molecule has 0 aliphatic carbocycles. The highest BCUT2D eigenvalue weighted by molar-refractivity contribution is 7.87. The molecule has 8 heteroatoms. The molecule has 1 aliphatic heterocycles. The second kappa shape index (κ2) is 5.19. The van der Waals surface area contributed by atoms with Crippen molar-refractivity contribution in [2.45, 2.75) is 26.4 Å². The first-order chi connectivity index (χ1) is 7.71. The minimum absolute atomic E-state index is 0.232. The Kier molecular flexibility index (Phi) is 4.34. The van der Waals surface area contributed by atoms with Crippen LogP contribution < -0.4 is 10.0 Å². The first-order valence-electron chi connectivity index (χ1n) is 5.42. The lowest BCUT2D eigenvalue weighted by Crippen LogP contribution is -2.39. The zero-order valence-corrected chi connectivity index (χ0v) is 11.1. The number of amides is 1. The maximum Gasteiger partial charge on any atom is 0.407 e. The molecule has 1 amide bonds. The number of nitrogens with zero attached hydrogens (tertiary/aromatic N) is 1. The van der Waals surface area contributed by atoms with Crippen LogP contribution in [0.4, 0.5) is 4.79 Å². The van der Waals surface area contributed by atoms with E-state index in [9.17, 15) is 13.2 Å². The summed E-state index contributed by atoms with van der Waals surface area (Å²) in [5, 5.41) is 2.51. The van der Waals surface area contributed by atoms with Crippen LogP contribution in [0.5, 0.6) is 0 Å². The zero-order valence-electron chi connectivity index (χ0n) is 10.3.